The highest BCUT2D eigenvalue weighted by Crippen LogP contribution is 2.27. The fourth-order valence-electron chi connectivity index (χ4n) is 1.79. The van der Waals surface area contributed by atoms with E-state index in [1.165, 1.54) is 18.9 Å². The summed E-state index contributed by atoms with van der Waals surface area (Å²) in [6, 6.07) is 4.88. The molecule has 98 valence electrons. The number of halogens is 1. The maximum atomic E-state index is 13.0. The highest BCUT2D eigenvalue weighted by molar-refractivity contribution is 5.77. The van der Waals surface area contributed by atoms with Crippen molar-refractivity contribution in [1.82, 2.24) is 10.6 Å². The van der Waals surface area contributed by atoms with Gasteiger partial charge in [-0.2, -0.15) is 0 Å². The number of amides is 1. The lowest BCUT2D eigenvalue weighted by atomic mass is 10.1. The minimum atomic E-state index is -0.212. The van der Waals surface area contributed by atoms with Gasteiger partial charge in [0.2, 0.25) is 5.91 Å². The minimum Gasteiger partial charge on any atom is -0.351 e. The van der Waals surface area contributed by atoms with Crippen molar-refractivity contribution in [2.75, 3.05) is 13.1 Å². The number of hydrogen-bond donors (Lipinski definition) is 2. The predicted molar refractivity (Wildman–Crippen MR) is 68.6 cm³/mol. The molecule has 0 unspecified atom stereocenters. The van der Waals surface area contributed by atoms with E-state index in [0.717, 1.165) is 18.0 Å². The van der Waals surface area contributed by atoms with Crippen molar-refractivity contribution in [3.05, 3.63) is 35.1 Å². The molecule has 1 saturated carbocycles. The molecule has 4 heteroatoms. The highest BCUT2D eigenvalue weighted by Gasteiger charge is 2.20. The molecule has 2 rings (SSSR count). The number of nitrogens with one attached hydrogen (secondary N) is 2. The summed E-state index contributed by atoms with van der Waals surface area (Å²) in [5.41, 5.74) is 1.53. The van der Waals surface area contributed by atoms with Crippen molar-refractivity contribution >= 4 is 5.91 Å². The Morgan fingerprint density at radius 2 is 2.22 bits per heavy atom. The van der Waals surface area contributed by atoms with Crippen LogP contribution in [0.15, 0.2) is 18.2 Å². The van der Waals surface area contributed by atoms with Crippen LogP contribution in [-0.4, -0.2) is 19.0 Å². The average Bonchev–Trinajstić information content (AvgIpc) is 3.15. The first-order valence-electron chi connectivity index (χ1n) is 6.37. The third-order valence-corrected chi connectivity index (χ3v) is 3.13. The molecular formula is C14H19FN2O. The van der Waals surface area contributed by atoms with Gasteiger partial charge in [-0.25, -0.2) is 4.39 Å². The lowest BCUT2D eigenvalue weighted by Gasteiger charge is -2.07. The summed E-state index contributed by atoms with van der Waals surface area (Å²) < 4.78 is 13.0. The van der Waals surface area contributed by atoms with Gasteiger partial charge < -0.3 is 10.6 Å². The Bertz CT molecular complexity index is 430. The Hall–Kier alpha value is -1.42. The number of carbonyl (C=O) groups is 1. The van der Waals surface area contributed by atoms with Gasteiger partial charge in [0.1, 0.15) is 5.82 Å². The number of rotatable bonds is 6. The molecule has 2 N–H and O–H groups in total. The summed E-state index contributed by atoms with van der Waals surface area (Å²) in [5, 5.41) is 5.95. The van der Waals surface area contributed by atoms with Gasteiger partial charge in [-0.3, -0.25) is 4.79 Å². The molecule has 0 spiro atoms. The Labute approximate surface area is 107 Å². The zero-order chi connectivity index (χ0) is 13.0. The normalized spacial score (nSPS) is 14.6. The monoisotopic (exact) mass is 250 g/mol. The zero-order valence-corrected chi connectivity index (χ0v) is 10.6. The molecule has 1 aliphatic carbocycles. The van der Waals surface area contributed by atoms with Crippen LogP contribution in [0.25, 0.3) is 0 Å². The fraction of sp³-hybridized carbons (Fsp3) is 0.500. The van der Waals surface area contributed by atoms with Crippen LogP contribution in [0.1, 0.15) is 24.0 Å². The van der Waals surface area contributed by atoms with Crippen LogP contribution in [0.5, 0.6) is 0 Å². The van der Waals surface area contributed by atoms with Crippen LogP contribution in [0.3, 0.4) is 0 Å². The maximum absolute atomic E-state index is 13.0. The molecule has 0 bridgehead atoms. The standard InChI is InChI=1S/C14H19FN2O/c1-10-6-12(4-5-13(10)15)8-17-14(18)9-16-7-11-2-3-11/h4-6,11,16H,2-3,7-9H2,1H3,(H,17,18). The zero-order valence-electron chi connectivity index (χ0n) is 10.6. The summed E-state index contributed by atoms with van der Waals surface area (Å²) in [7, 11) is 0. The summed E-state index contributed by atoms with van der Waals surface area (Å²) >= 11 is 0. The van der Waals surface area contributed by atoms with E-state index in [9.17, 15) is 9.18 Å². The Morgan fingerprint density at radius 1 is 1.44 bits per heavy atom. The van der Waals surface area contributed by atoms with Crippen LogP contribution in [0, 0.1) is 18.7 Å². The molecule has 0 atom stereocenters. The molecule has 1 amide bonds. The number of hydrogen-bond acceptors (Lipinski definition) is 2. The van der Waals surface area contributed by atoms with Crippen LogP contribution in [0.2, 0.25) is 0 Å². The van der Waals surface area contributed by atoms with Crippen molar-refractivity contribution in [1.29, 1.82) is 0 Å². The minimum absolute atomic E-state index is 0.0161. The summed E-state index contributed by atoms with van der Waals surface area (Å²) in [4.78, 5) is 11.5. The SMILES string of the molecule is Cc1cc(CNC(=O)CNCC2CC2)ccc1F. The largest absolute Gasteiger partial charge is 0.351 e. The maximum Gasteiger partial charge on any atom is 0.234 e. The van der Waals surface area contributed by atoms with E-state index in [0.29, 0.717) is 18.7 Å². The van der Waals surface area contributed by atoms with Gasteiger partial charge >= 0.3 is 0 Å². The highest BCUT2D eigenvalue weighted by atomic mass is 19.1. The molecule has 1 aliphatic rings. The topological polar surface area (TPSA) is 41.1 Å². The second-order valence-corrected chi connectivity index (χ2v) is 4.93. The quantitative estimate of drug-likeness (QED) is 0.807. The molecule has 0 aliphatic heterocycles. The summed E-state index contributed by atoms with van der Waals surface area (Å²) in [5.74, 6) is 0.548. The van der Waals surface area contributed by atoms with Crippen molar-refractivity contribution in [2.45, 2.75) is 26.3 Å². The van der Waals surface area contributed by atoms with Gasteiger partial charge in [0.15, 0.2) is 0 Å². The second-order valence-electron chi connectivity index (χ2n) is 4.93. The third-order valence-electron chi connectivity index (χ3n) is 3.13. The van der Waals surface area contributed by atoms with E-state index in [-0.39, 0.29) is 11.7 Å². The van der Waals surface area contributed by atoms with Crippen molar-refractivity contribution in [3.8, 4) is 0 Å². The van der Waals surface area contributed by atoms with Gasteiger partial charge in [-0.05, 0) is 49.4 Å². The molecule has 0 aromatic heterocycles. The smallest absolute Gasteiger partial charge is 0.234 e. The summed E-state index contributed by atoms with van der Waals surface area (Å²) in [6.07, 6.45) is 2.56. The predicted octanol–water partition coefficient (Wildman–Crippen LogP) is 1.75. The first kappa shape index (κ1) is 13.0. The number of benzene rings is 1. The van der Waals surface area contributed by atoms with E-state index in [4.69, 9.17) is 0 Å². The lowest BCUT2D eigenvalue weighted by Crippen LogP contribution is -2.34. The van der Waals surface area contributed by atoms with Gasteiger partial charge in [-0.1, -0.05) is 12.1 Å². The van der Waals surface area contributed by atoms with Gasteiger partial charge in [0.05, 0.1) is 6.54 Å². The summed E-state index contributed by atoms with van der Waals surface area (Å²) in [6.45, 7) is 3.46. The molecular weight excluding hydrogens is 231 g/mol. The first-order chi connectivity index (χ1) is 8.65. The van der Waals surface area contributed by atoms with Gasteiger partial charge in [0.25, 0.3) is 0 Å². The van der Waals surface area contributed by atoms with E-state index in [2.05, 4.69) is 10.6 Å². The van der Waals surface area contributed by atoms with Crippen LogP contribution in [-0.2, 0) is 11.3 Å². The Kier molecular flexibility index (Phi) is 4.31. The molecule has 0 saturated heterocycles. The first-order valence-corrected chi connectivity index (χ1v) is 6.37. The molecule has 1 fully saturated rings. The Morgan fingerprint density at radius 3 is 2.89 bits per heavy atom. The van der Waals surface area contributed by atoms with E-state index >= 15 is 0 Å². The molecule has 0 radical (unpaired) electrons. The van der Waals surface area contributed by atoms with Gasteiger partial charge in [0, 0.05) is 6.54 Å². The molecule has 0 heterocycles. The molecule has 18 heavy (non-hydrogen) atoms. The van der Waals surface area contributed by atoms with E-state index in [1.807, 2.05) is 0 Å². The van der Waals surface area contributed by atoms with E-state index < -0.39 is 0 Å². The molecule has 3 nitrogen and oxygen atoms in total. The molecule has 1 aromatic rings. The number of carbonyl (C=O) groups excluding carboxylic acids is 1. The van der Waals surface area contributed by atoms with Crippen LogP contribution in [0.4, 0.5) is 4.39 Å². The second kappa shape index (κ2) is 5.96. The molecule has 1 aromatic carbocycles. The van der Waals surface area contributed by atoms with E-state index in [1.54, 1.807) is 19.1 Å². The third kappa shape index (κ3) is 4.11. The van der Waals surface area contributed by atoms with Gasteiger partial charge in [-0.15, -0.1) is 0 Å². The van der Waals surface area contributed by atoms with Crippen molar-refractivity contribution in [3.63, 3.8) is 0 Å². The average molecular weight is 250 g/mol. The Balaban J connectivity index is 1.68. The van der Waals surface area contributed by atoms with Crippen LogP contribution >= 0.6 is 0 Å². The lowest BCUT2D eigenvalue weighted by molar-refractivity contribution is -0.120. The number of aryl methyl sites for hydroxylation is 1. The van der Waals surface area contributed by atoms with Crippen LogP contribution < -0.4 is 10.6 Å². The van der Waals surface area contributed by atoms with Crippen molar-refractivity contribution < 1.29 is 9.18 Å². The van der Waals surface area contributed by atoms with Crippen molar-refractivity contribution in [2.24, 2.45) is 5.92 Å². The fourth-order valence-corrected chi connectivity index (χ4v) is 1.79.